The summed E-state index contributed by atoms with van der Waals surface area (Å²) in [5.74, 6) is -1.03. The summed E-state index contributed by atoms with van der Waals surface area (Å²) in [7, 11) is 0. The molecule has 1 aliphatic rings. The van der Waals surface area contributed by atoms with Gasteiger partial charge in [0.15, 0.2) is 6.10 Å². The van der Waals surface area contributed by atoms with Crippen LogP contribution in [-0.4, -0.2) is 52.9 Å². The number of amides is 1. The monoisotopic (exact) mass is 327 g/mol. The number of aliphatic hydroxyl groups is 2. The smallest absolute Gasteiger partial charge is 0.317 e. The third-order valence-corrected chi connectivity index (χ3v) is 4.96. The molecule has 7 heteroatoms. The number of ether oxygens (including phenoxy) is 1. The van der Waals surface area contributed by atoms with E-state index >= 15 is 0 Å². The number of rotatable bonds is 5. The van der Waals surface area contributed by atoms with Gasteiger partial charge in [-0.05, 0) is 37.3 Å². The molecule has 6 nitrogen and oxygen atoms in total. The third-order valence-electron chi connectivity index (χ3n) is 3.94. The summed E-state index contributed by atoms with van der Waals surface area (Å²) in [6.07, 6.45) is -0.130. The highest BCUT2D eigenvalue weighted by atomic mass is 32.1. The summed E-state index contributed by atoms with van der Waals surface area (Å²) >= 11 is 1.69. The van der Waals surface area contributed by atoms with Gasteiger partial charge in [-0.3, -0.25) is 9.59 Å². The Hall–Kier alpha value is -1.44. The van der Waals surface area contributed by atoms with E-state index in [9.17, 15) is 19.8 Å². The van der Waals surface area contributed by atoms with Crippen molar-refractivity contribution < 1.29 is 24.5 Å². The lowest BCUT2D eigenvalue weighted by Crippen LogP contribution is -2.45. The van der Waals surface area contributed by atoms with E-state index in [0.29, 0.717) is 13.1 Å². The van der Waals surface area contributed by atoms with Crippen LogP contribution in [0, 0.1) is 5.41 Å². The first kappa shape index (κ1) is 16.9. The van der Waals surface area contributed by atoms with Crippen molar-refractivity contribution in [3.63, 3.8) is 0 Å². The van der Waals surface area contributed by atoms with Crippen LogP contribution in [0.2, 0.25) is 0 Å². The van der Waals surface area contributed by atoms with Gasteiger partial charge in [0.2, 0.25) is 0 Å². The van der Waals surface area contributed by atoms with Crippen molar-refractivity contribution >= 4 is 23.2 Å². The molecule has 0 bridgehead atoms. The molecule has 0 saturated carbocycles. The molecule has 122 valence electrons. The van der Waals surface area contributed by atoms with Crippen molar-refractivity contribution in [2.24, 2.45) is 5.41 Å². The normalized spacial score (nSPS) is 16.1. The van der Waals surface area contributed by atoms with Gasteiger partial charge in [-0.2, -0.15) is 0 Å². The Morgan fingerprint density at radius 2 is 2.14 bits per heavy atom. The molecule has 0 radical (unpaired) electrons. The van der Waals surface area contributed by atoms with Gasteiger partial charge in [-0.25, -0.2) is 0 Å². The van der Waals surface area contributed by atoms with Gasteiger partial charge in [0.1, 0.15) is 5.41 Å². The van der Waals surface area contributed by atoms with Gasteiger partial charge in [0.05, 0.1) is 13.2 Å². The van der Waals surface area contributed by atoms with E-state index in [0.717, 1.165) is 12.0 Å². The third kappa shape index (κ3) is 3.31. The van der Waals surface area contributed by atoms with Crippen LogP contribution in [-0.2, 0) is 27.3 Å². The van der Waals surface area contributed by atoms with Crippen LogP contribution in [0.4, 0.5) is 0 Å². The molecular formula is C15H21NO5S. The van der Waals surface area contributed by atoms with Crippen LogP contribution in [0.1, 0.15) is 24.3 Å². The molecule has 0 saturated heterocycles. The Morgan fingerprint density at radius 3 is 2.77 bits per heavy atom. The Bertz CT molecular complexity index is 552. The molecule has 1 aromatic rings. The van der Waals surface area contributed by atoms with Crippen LogP contribution in [0.25, 0.3) is 0 Å². The number of thiophene rings is 1. The van der Waals surface area contributed by atoms with Gasteiger partial charge in [-0.15, -0.1) is 11.3 Å². The number of carbonyl (C=O) groups excluding carboxylic acids is 2. The first-order valence-corrected chi connectivity index (χ1v) is 8.06. The minimum atomic E-state index is -1.39. The second-order valence-corrected chi connectivity index (χ2v) is 6.80. The number of aliphatic hydroxyl groups excluding tert-OH is 2. The highest BCUT2D eigenvalue weighted by Crippen LogP contribution is 2.25. The van der Waals surface area contributed by atoms with E-state index in [1.54, 1.807) is 16.2 Å². The second kappa shape index (κ2) is 6.76. The summed E-state index contributed by atoms with van der Waals surface area (Å²) in [6, 6.07) is 2.00. The van der Waals surface area contributed by atoms with Crippen molar-refractivity contribution in [1.29, 1.82) is 0 Å². The summed E-state index contributed by atoms with van der Waals surface area (Å²) in [6.45, 7) is 2.96. The quantitative estimate of drug-likeness (QED) is 0.772. The van der Waals surface area contributed by atoms with Crippen molar-refractivity contribution in [2.45, 2.75) is 32.9 Å². The van der Waals surface area contributed by atoms with E-state index in [1.165, 1.54) is 18.7 Å². The Balaban J connectivity index is 1.97. The summed E-state index contributed by atoms with van der Waals surface area (Å²) in [4.78, 5) is 27.3. The zero-order valence-electron chi connectivity index (χ0n) is 12.7. The molecular weight excluding hydrogens is 306 g/mol. The van der Waals surface area contributed by atoms with E-state index in [1.807, 2.05) is 11.4 Å². The van der Waals surface area contributed by atoms with Crippen LogP contribution >= 0.6 is 11.3 Å². The maximum absolute atomic E-state index is 12.4. The lowest BCUT2D eigenvalue weighted by Gasteiger charge is -2.30. The molecule has 2 rings (SSSR count). The van der Waals surface area contributed by atoms with E-state index in [2.05, 4.69) is 0 Å². The van der Waals surface area contributed by atoms with E-state index in [-0.39, 0.29) is 5.91 Å². The Kier molecular flexibility index (Phi) is 5.20. The largest absolute Gasteiger partial charge is 0.452 e. The fraction of sp³-hybridized carbons (Fsp3) is 0.600. The minimum Gasteiger partial charge on any atom is -0.452 e. The highest BCUT2D eigenvalue weighted by Gasteiger charge is 2.37. The molecule has 1 atom stereocenters. The molecule has 0 aliphatic carbocycles. The number of esters is 1. The van der Waals surface area contributed by atoms with Crippen LogP contribution in [0.15, 0.2) is 11.4 Å². The van der Waals surface area contributed by atoms with Crippen molar-refractivity contribution in [1.82, 2.24) is 4.90 Å². The van der Waals surface area contributed by atoms with E-state index in [4.69, 9.17) is 4.74 Å². The molecule has 0 unspecified atom stereocenters. The molecule has 0 fully saturated rings. The van der Waals surface area contributed by atoms with Gasteiger partial charge >= 0.3 is 5.97 Å². The van der Waals surface area contributed by atoms with Crippen molar-refractivity contribution in [3.05, 3.63) is 21.9 Å². The van der Waals surface area contributed by atoms with Crippen molar-refractivity contribution in [3.8, 4) is 0 Å². The second-order valence-electron chi connectivity index (χ2n) is 5.80. The van der Waals surface area contributed by atoms with Gasteiger partial charge in [0, 0.05) is 18.0 Å². The first-order chi connectivity index (χ1) is 10.4. The average molecular weight is 327 g/mol. The topological polar surface area (TPSA) is 87.1 Å². The zero-order valence-corrected chi connectivity index (χ0v) is 13.6. The highest BCUT2D eigenvalue weighted by molar-refractivity contribution is 7.10. The number of nitrogens with zero attached hydrogens (tertiary/aromatic N) is 1. The van der Waals surface area contributed by atoms with Crippen LogP contribution in [0.3, 0.4) is 0 Å². The lowest BCUT2D eigenvalue weighted by molar-refractivity contribution is -0.171. The predicted molar refractivity (Wildman–Crippen MR) is 81.3 cm³/mol. The zero-order chi connectivity index (χ0) is 16.3. The fourth-order valence-electron chi connectivity index (χ4n) is 2.23. The molecule has 0 spiro atoms. The molecule has 1 aliphatic heterocycles. The maximum Gasteiger partial charge on any atom is 0.317 e. The standard InChI is InChI=1S/C15H21NO5S/c1-10(21-14(20)15(2,8-17)9-18)13(19)16-5-3-12-11(7-16)4-6-22-12/h4,6,10,17-18H,3,5,7-9H2,1-2H3/t10-/m1/s1. The maximum atomic E-state index is 12.4. The molecule has 2 N–H and O–H groups in total. The molecule has 0 aromatic carbocycles. The van der Waals surface area contributed by atoms with E-state index < -0.39 is 30.7 Å². The Labute approximate surface area is 133 Å². The summed E-state index contributed by atoms with van der Waals surface area (Å²) < 4.78 is 5.13. The molecule has 2 heterocycles. The summed E-state index contributed by atoms with van der Waals surface area (Å²) in [5.41, 5.74) is -0.254. The molecule has 22 heavy (non-hydrogen) atoms. The number of carbonyl (C=O) groups is 2. The Morgan fingerprint density at radius 1 is 1.45 bits per heavy atom. The van der Waals surface area contributed by atoms with Gasteiger partial charge in [0.25, 0.3) is 5.91 Å². The average Bonchev–Trinajstić information content (AvgIpc) is 3.00. The molecule has 1 amide bonds. The number of fused-ring (bicyclic) bond motifs is 1. The lowest BCUT2D eigenvalue weighted by atomic mass is 9.93. The van der Waals surface area contributed by atoms with Crippen LogP contribution < -0.4 is 0 Å². The van der Waals surface area contributed by atoms with Gasteiger partial charge in [-0.1, -0.05) is 0 Å². The molecule has 1 aromatic heterocycles. The number of hydrogen-bond donors (Lipinski definition) is 2. The summed E-state index contributed by atoms with van der Waals surface area (Å²) in [5, 5.41) is 20.4. The number of hydrogen-bond acceptors (Lipinski definition) is 6. The predicted octanol–water partition coefficient (Wildman–Crippen LogP) is 0.555. The SMILES string of the molecule is C[C@@H](OC(=O)C(C)(CO)CO)C(=O)N1CCc2sccc2C1. The minimum absolute atomic E-state index is 0.261. The van der Waals surface area contributed by atoms with Crippen molar-refractivity contribution in [2.75, 3.05) is 19.8 Å². The first-order valence-electron chi connectivity index (χ1n) is 7.18. The van der Waals surface area contributed by atoms with Crippen LogP contribution in [0.5, 0.6) is 0 Å². The van der Waals surface area contributed by atoms with Gasteiger partial charge < -0.3 is 19.8 Å². The fourth-order valence-corrected chi connectivity index (χ4v) is 3.12.